The third-order valence-electron chi connectivity index (χ3n) is 8.81. The van der Waals surface area contributed by atoms with Crippen molar-refractivity contribution >= 4 is 43.4 Å². The molecular weight excluding hydrogens is 651 g/mol. The van der Waals surface area contributed by atoms with Gasteiger partial charge in [-0.25, -0.2) is 8.42 Å². The molecule has 254 valence electrons. The Morgan fingerprint density at radius 1 is 0.857 bits per heavy atom. The fourth-order valence-electron chi connectivity index (χ4n) is 6.23. The summed E-state index contributed by atoms with van der Waals surface area (Å²) in [5.74, 6) is 0.894. The van der Waals surface area contributed by atoms with Crippen molar-refractivity contribution in [3.63, 3.8) is 0 Å². The van der Waals surface area contributed by atoms with Gasteiger partial charge in [-0.2, -0.15) is 4.57 Å². The van der Waals surface area contributed by atoms with E-state index in [1.54, 1.807) is 11.3 Å². The van der Waals surface area contributed by atoms with Gasteiger partial charge in [0.15, 0.2) is 12.3 Å². The zero-order valence-corrected chi connectivity index (χ0v) is 29.5. The molecule has 0 fully saturated rings. The second-order valence-electron chi connectivity index (χ2n) is 12.3. The first kappa shape index (κ1) is 34.6. The Morgan fingerprint density at radius 3 is 2.20 bits per heavy atom. The summed E-state index contributed by atoms with van der Waals surface area (Å²) in [6, 6.07) is 33.4. The minimum absolute atomic E-state index is 0.191. The van der Waals surface area contributed by atoms with Gasteiger partial charge in [0.05, 0.1) is 15.8 Å². The first-order chi connectivity index (χ1) is 23.8. The number of aromatic nitrogens is 1. The van der Waals surface area contributed by atoms with Gasteiger partial charge in [-0.3, -0.25) is 0 Å². The average Bonchev–Trinajstić information content (AvgIpc) is 3.63. The van der Waals surface area contributed by atoms with Crippen LogP contribution in [0.25, 0.3) is 38.5 Å². The monoisotopic (exact) mass is 693 g/mol. The number of nitrogens with two attached hydrogens (primary N) is 1. The van der Waals surface area contributed by atoms with Gasteiger partial charge >= 0.3 is 0 Å². The molecule has 0 aliphatic carbocycles. The number of hydrogen-bond acceptors (Lipinski definition) is 7. The Kier molecular flexibility index (Phi) is 11.3. The molecule has 2 N–H and O–H groups in total. The molecule has 1 aromatic heterocycles. The van der Waals surface area contributed by atoms with Crippen molar-refractivity contribution in [2.45, 2.75) is 52.0 Å². The topological polar surface area (TPSA) is 99.6 Å². The number of unbranched alkanes of at least 4 members (excludes halogenated alkanes) is 3. The van der Waals surface area contributed by atoms with E-state index in [0.29, 0.717) is 18.2 Å². The van der Waals surface area contributed by atoms with E-state index in [2.05, 4.69) is 84.3 Å². The van der Waals surface area contributed by atoms with Gasteiger partial charge < -0.3 is 19.9 Å². The molecule has 0 atom stereocenters. The normalized spacial score (nSPS) is 14.1. The van der Waals surface area contributed by atoms with Crippen molar-refractivity contribution in [2.24, 2.45) is 5.73 Å². The number of aryl methyl sites for hydroxylation is 1. The summed E-state index contributed by atoms with van der Waals surface area (Å²) in [6.45, 7) is 4.09. The Morgan fingerprint density at radius 2 is 1.53 bits per heavy atom. The van der Waals surface area contributed by atoms with E-state index in [0.717, 1.165) is 67.6 Å². The van der Waals surface area contributed by atoms with E-state index in [1.807, 2.05) is 41.3 Å². The molecule has 0 unspecified atom stereocenters. The maximum Gasteiger partial charge on any atom is 0.263 e. The lowest BCUT2D eigenvalue weighted by Gasteiger charge is -2.19. The van der Waals surface area contributed by atoms with Gasteiger partial charge in [-0.15, -0.1) is 0 Å². The minimum Gasteiger partial charge on any atom is -0.748 e. The van der Waals surface area contributed by atoms with Crippen LogP contribution >= 0.6 is 11.3 Å². The lowest BCUT2D eigenvalue weighted by molar-refractivity contribution is -0.669. The molecule has 0 amide bonds. The van der Waals surface area contributed by atoms with Gasteiger partial charge in [-0.1, -0.05) is 97.5 Å². The van der Waals surface area contributed by atoms with Crippen LogP contribution in [0.2, 0.25) is 0 Å². The smallest absolute Gasteiger partial charge is 0.263 e. The number of thiazole rings is 1. The van der Waals surface area contributed by atoms with Crippen LogP contribution in [-0.2, 0) is 16.7 Å². The van der Waals surface area contributed by atoms with Gasteiger partial charge in [0.2, 0.25) is 11.4 Å². The maximum absolute atomic E-state index is 11.5. The van der Waals surface area contributed by atoms with Crippen LogP contribution in [0.15, 0.2) is 115 Å². The van der Waals surface area contributed by atoms with Gasteiger partial charge in [0.1, 0.15) is 4.70 Å². The van der Waals surface area contributed by atoms with E-state index in [1.165, 1.54) is 26.4 Å². The van der Waals surface area contributed by atoms with E-state index in [4.69, 9.17) is 10.5 Å². The molecule has 5 aromatic rings. The predicted octanol–water partition coefficient (Wildman–Crippen LogP) is 8.51. The average molecular weight is 694 g/mol. The number of allylic oxidation sites excluding steroid dienone is 2. The fraction of sp³-hybridized carbons (Fsp3) is 0.275. The molecule has 0 saturated carbocycles. The molecule has 1 aliphatic heterocycles. The molecule has 0 spiro atoms. The molecule has 4 aromatic carbocycles. The number of nitrogens with zero attached hydrogens (tertiary/aromatic N) is 2. The predicted molar refractivity (Wildman–Crippen MR) is 200 cm³/mol. The quantitative estimate of drug-likeness (QED) is 0.0671. The van der Waals surface area contributed by atoms with Crippen LogP contribution in [0.1, 0.15) is 50.5 Å². The van der Waals surface area contributed by atoms with Crippen LogP contribution in [0.4, 0.5) is 5.69 Å². The lowest BCUT2D eigenvalue weighted by atomic mass is 10.0. The van der Waals surface area contributed by atoms with Crippen LogP contribution in [0.5, 0.6) is 5.75 Å². The minimum atomic E-state index is -4.34. The van der Waals surface area contributed by atoms with Crippen molar-refractivity contribution in [1.29, 1.82) is 0 Å². The maximum atomic E-state index is 11.5. The molecule has 0 saturated heterocycles. The van der Waals surface area contributed by atoms with Crippen LogP contribution in [-0.4, -0.2) is 31.8 Å². The van der Waals surface area contributed by atoms with Crippen LogP contribution < -0.4 is 19.9 Å². The summed E-state index contributed by atoms with van der Waals surface area (Å²) in [7, 11) is -4.34. The summed E-state index contributed by atoms with van der Waals surface area (Å²) in [5, 5.41) is 1.17. The first-order valence-corrected chi connectivity index (χ1v) is 19.4. The first-order valence-electron chi connectivity index (χ1n) is 17.1. The van der Waals surface area contributed by atoms with E-state index in [9.17, 15) is 13.0 Å². The van der Waals surface area contributed by atoms with Crippen molar-refractivity contribution in [3.8, 4) is 28.0 Å². The summed E-state index contributed by atoms with van der Waals surface area (Å²) in [5.41, 5.74) is 13.4. The number of hydrogen-bond donors (Lipinski definition) is 1. The Labute approximate surface area is 293 Å². The number of rotatable bonds is 15. The highest BCUT2D eigenvalue weighted by Gasteiger charge is 2.27. The Bertz CT molecular complexity index is 2060. The third-order valence-corrected chi connectivity index (χ3v) is 10.7. The SMILES string of the molecule is CCC(=Cc1sc2ccc(-c3ccccc3)cc2[n+]1CCCCCCN)C=C1Oc2ccc(-c3ccccc3)cc2N1CCCS(=O)(=O)[O-]. The second-order valence-corrected chi connectivity index (χ2v) is 14.9. The summed E-state index contributed by atoms with van der Waals surface area (Å²) in [6.07, 6.45) is 9.62. The fourth-order valence-corrected chi connectivity index (χ4v) is 7.86. The number of ether oxygens (including phenoxy) is 1. The molecule has 49 heavy (non-hydrogen) atoms. The lowest BCUT2D eigenvalue weighted by Crippen LogP contribution is -2.35. The van der Waals surface area contributed by atoms with Crippen molar-refractivity contribution in [1.82, 2.24) is 0 Å². The molecule has 2 heterocycles. The van der Waals surface area contributed by atoms with E-state index >= 15 is 0 Å². The van der Waals surface area contributed by atoms with Gasteiger partial charge in [0.25, 0.3) is 5.01 Å². The number of fused-ring (bicyclic) bond motifs is 2. The second kappa shape index (κ2) is 16.0. The Hall–Kier alpha value is -4.28. The highest BCUT2D eigenvalue weighted by molar-refractivity contribution is 7.85. The van der Waals surface area contributed by atoms with E-state index < -0.39 is 15.9 Å². The number of benzene rings is 4. The molecule has 0 bridgehead atoms. The molecule has 1 aliphatic rings. The van der Waals surface area contributed by atoms with Crippen LogP contribution in [0, 0.1) is 0 Å². The van der Waals surface area contributed by atoms with Gasteiger partial charge in [0, 0.05) is 36.9 Å². The van der Waals surface area contributed by atoms with Gasteiger partial charge in [-0.05, 0) is 78.3 Å². The van der Waals surface area contributed by atoms with Crippen molar-refractivity contribution in [2.75, 3.05) is 23.7 Å². The molecule has 0 radical (unpaired) electrons. The summed E-state index contributed by atoms with van der Waals surface area (Å²) in [4.78, 5) is 2.00. The van der Waals surface area contributed by atoms with E-state index in [-0.39, 0.29) is 6.42 Å². The highest BCUT2D eigenvalue weighted by atomic mass is 32.2. The Balaban J connectivity index is 1.37. The molecule has 9 heteroatoms. The molecular formula is C40H43N3O4S2. The standard InChI is InChI=1S/C40H43N3O4S2/c1-2-30(26-39-42(24-13-25-49(44,45)46)35-28-33(18-20-37(35)47-39)31-14-7-5-8-15-31)27-40-43(23-12-4-3-11-22-41)36-29-34(19-21-38(36)48-40)32-16-9-6-10-17-32/h5-10,14-21,26-29H,2-4,11-13,22-25,41H2,1H3. The highest BCUT2D eigenvalue weighted by Crippen LogP contribution is 2.42. The zero-order chi connectivity index (χ0) is 34.2. The number of anilines is 1. The van der Waals surface area contributed by atoms with Crippen LogP contribution in [0.3, 0.4) is 0 Å². The third kappa shape index (κ3) is 8.66. The molecule has 7 nitrogen and oxygen atoms in total. The summed E-state index contributed by atoms with van der Waals surface area (Å²) < 4.78 is 44.6. The largest absolute Gasteiger partial charge is 0.748 e. The molecule has 6 rings (SSSR count). The van der Waals surface area contributed by atoms with Crippen molar-refractivity contribution in [3.05, 3.63) is 120 Å². The zero-order valence-electron chi connectivity index (χ0n) is 27.9. The summed E-state index contributed by atoms with van der Waals surface area (Å²) >= 11 is 1.78. The van der Waals surface area contributed by atoms with Crippen molar-refractivity contribution < 1.29 is 22.3 Å².